The Labute approximate surface area is 138 Å². The lowest BCUT2D eigenvalue weighted by molar-refractivity contribution is 0.0958. The number of benzene rings is 1. The smallest absolute Gasteiger partial charge is 0.274 e. The fourth-order valence-corrected chi connectivity index (χ4v) is 2.06. The van der Waals surface area contributed by atoms with Gasteiger partial charge in [-0.3, -0.25) is 9.78 Å². The molecule has 7 heteroatoms. The van der Waals surface area contributed by atoms with Crippen LogP contribution in [0.4, 0.5) is 5.95 Å². The maximum atomic E-state index is 12.3. The highest BCUT2D eigenvalue weighted by Gasteiger charge is 2.13. The molecule has 7 nitrogen and oxygen atoms in total. The molecule has 24 heavy (non-hydrogen) atoms. The molecule has 1 aromatic carbocycles. The van der Waals surface area contributed by atoms with Crippen LogP contribution >= 0.6 is 0 Å². The zero-order valence-electron chi connectivity index (χ0n) is 13.0. The molecular weight excluding hydrogens is 306 g/mol. The van der Waals surface area contributed by atoms with Crippen LogP contribution in [0.25, 0.3) is 17.5 Å². The molecule has 0 bridgehead atoms. The van der Waals surface area contributed by atoms with Crippen molar-refractivity contribution in [2.45, 2.75) is 0 Å². The van der Waals surface area contributed by atoms with Crippen molar-refractivity contribution in [2.75, 3.05) is 12.8 Å². The van der Waals surface area contributed by atoms with Crippen molar-refractivity contribution in [3.05, 3.63) is 60.4 Å². The number of anilines is 1. The van der Waals surface area contributed by atoms with E-state index in [1.165, 1.54) is 6.08 Å². The van der Waals surface area contributed by atoms with Crippen LogP contribution in [-0.4, -0.2) is 32.8 Å². The predicted octanol–water partition coefficient (Wildman–Crippen LogP) is 2.28. The van der Waals surface area contributed by atoms with Crippen molar-refractivity contribution >= 4 is 17.9 Å². The lowest BCUT2D eigenvalue weighted by atomic mass is 10.2. The van der Waals surface area contributed by atoms with E-state index in [-0.39, 0.29) is 11.9 Å². The van der Waals surface area contributed by atoms with Crippen LogP contribution in [0.5, 0.6) is 5.75 Å². The van der Waals surface area contributed by atoms with Gasteiger partial charge in [0.2, 0.25) is 5.95 Å². The Morgan fingerprint density at radius 1 is 1.25 bits per heavy atom. The molecule has 3 aromatic rings. The van der Waals surface area contributed by atoms with Crippen molar-refractivity contribution in [1.82, 2.24) is 19.7 Å². The fraction of sp³-hybridized carbons (Fsp3) is 0.0588. The minimum atomic E-state index is -0.383. The Morgan fingerprint density at radius 3 is 2.71 bits per heavy atom. The van der Waals surface area contributed by atoms with Gasteiger partial charge in [-0.15, -0.1) is 5.10 Å². The highest BCUT2D eigenvalue weighted by atomic mass is 16.5. The van der Waals surface area contributed by atoms with Crippen molar-refractivity contribution in [3.8, 4) is 17.1 Å². The van der Waals surface area contributed by atoms with Gasteiger partial charge in [-0.25, -0.2) is 0 Å². The molecule has 3 rings (SSSR count). The van der Waals surface area contributed by atoms with Crippen molar-refractivity contribution < 1.29 is 9.53 Å². The molecule has 0 fully saturated rings. The SMILES string of the molecule is COc1ccc(C=CC(=O)n2nc(-c3cccnc3)nc2N)cc1. The van der Waals surface area contributed by atoms with Crippen LogP contribution in [0.1, 0.15) is 10.4 Å². The van der Waals surface area contributed by atoms with Crippen LogP contribution in [0.3, 0.4) is 0 Å². The van der Waals surface area contributed by atoms with Crippen LogP contribution in [0.2, 0.25) is 0 Å². The van der Waals surface area contributed by atoms with Crippen molar-refractivity contribution in [3.63, 3.8) is 0 Å². The zero-order valence-corrected chi connectivity index (χ0v) is 13.0. The number of nitrogens with zero attached hydrogens (tertiary/aromatic N) is 4. The monoisotopic (exact) mass is 321 g/mol. The number of rotatable bonds is 4. The number of pyridine rings is 1. The van der Waals surface area contributed by atoms with Crippen LogP contribution in [0, 0.1) is 0 Å². The number of carbonyl (C=O) groups excluding carboxylic acids is 1. The third-order valence-corrected chi connectivity index (χ3v) is 3.29. The number of nitrogens with two attached hydrogens (primary N) is 1. The summed E-state index contributed by atoms with van der Waals surface area (Å²) in [6.07, 6.45) is 6.32. The van der Waals surface area contributed by atoms with E-state index in [2.05, 4.69) is 15.1 Å². The van der Waals surface area contributed by atoms with Crippen molar-refractivity contribution in [2.24, 2.45) is 0 Å². The number of methoxy groups -OCH3 is 1. The Hall–Kier alpha value is -3.48. The van der Waals surface area contributed by atoms with Gasteiger partial charge in [-0.2, -0.15) is 9.67 Å². The fourth-order valence-electron chi connectivity index (χ4n) is 2.06. The third-order valence-electron chi connectivity index (χ3n) is 3.29. The Balaban J connectivity index is 1.79. The molecule has 0 saturated carbocycles. The summed E-state index contributed by atoms with van der Waals surface area (Å²) in [6.45, 7) is 0. The van der Waals surface area contributed by atoms with Crippen LogP contribution < -0.4 is 10.5 Å². The molecule has 2 heterocycles. The number of allylic oxidation sites excluding steroid dienone is 1. The second-order valence-corrected chi connectivity index (χ2v) is 4.89. The number of ether oxygens (including phenoxy) is 1. The molecule has 0 amide bonds. The Bertz CT molecular complexity index is 870. The quantitative estimate of drug-likeness (QED) is 0.741. The van der Waals surface area contributed by atoms with E-state index >= 15 is 0 Å². The molecule has 0 saturated heterocycles. The van der Waals surface area contributed by atoms with Gasteiger partial charge in [0.05, 0.1) is 7.11 Å². The second kappa shape index (κ2) is 6.74. The number of hydrogen-bond donors (Lipinski definition) is 1. The summed E-state index contributed by atoms with van der Waals surface area (Å²) in [7, 11) is 1.60. The zero-order chi connectivity index (χ0) is 16.9. The van der Waals surface area contributed by atoms with Gasteiger partial charge in [0.25, 0.3) is 5.91 Å². The highest BCUT2D eigenvalue weighted by molar-refractivity contribution is 5.94. The molecule has 0 spiro atoms. The van der Waals surface area contributed by atoms with Gasteiger partial charge in [0.1, 0.15) is 5.75 Å². The maximum Gasteiger partial charge on any atom is 0.274 e. The summed E-state index contributed by atoms with van der Waals surface area (Å²) in [5, 5.41) is 4.14. The predicted molar refractivity (Wildman–Crippen MR) is 90.3 cm³/mol. The number of hydrogen-bond acceptors (Lipinski definition) is 6. The Kier molecular flexibility index (Phi) is 4.33. The summed E-state index contributed by atoms with van der Waals surface area (Å²) in [5.41, 5.74) is 7.33. The summed E-state index contributed by atoms with van der Waals surface area (Å²) in [5.74, 6) is 0.746. The topological polar surface area (TPSA) is 95.9 Å². The Morgan fingerprint density at radius 2 is 2.04 bits per heavy atom. The molecule has 0 aliphatic carbocycles. The maximum absolute atomic E-state index is 12.3. The first-order valence-corrected chi connectivity index (χ1v) is 7.17. The van der Waals surface area contributed by atoms with E-state index in [4.69, 9.17) is 10.5 Å². The van der Waals surface area contributed by atoms with Gasteiger partial charge < -0.3 is 10.5 Å². The molecule has 2 N–H and O–H groups in total. The average molecular weight is 321 g/mol. The van der Waals surface area contributed by atoms with Gasteiger partial charge in [-0.05, 0) is 35.9 Å². The minimum Gasteiger partial charge on any atom is -0.497 e. The second-order valence-electron chi connectivity index (χ2n) is 4.89. The van der Waals surface area contributed by atoms with Gasteiger partial charge >= 0.3 is 0 Å². The van der Waals surface area contributed by atoms with Gasteiger partial charge in [-0.1, -0.05) is 12.1 Å². The molecule has 120 valence electrons. The number of carbonyl (C=O) groups is 1. The lowest BCUT2D eigenvalue weighted by Gasteiger charge is -1.99. The molecule has 0 atom stereocenters. The first-order valence-electron chi connectivity index (χ1n) is 7.17. The van der Waals surface area contributed by atoms with E-state index < -0.39 is 0 Å². The van der Waals surface area contributed by atoms with Gasteiger partial charge in [0.15, 0.2) is 5.82 Å². The highest BCUT2D eigenvalue weighted by Crippen LogP contribution is 2.15. The molecular formula is C17H15N5O2. The normalized spacial score (nSPS) is 10.9. The lowest BCUT2D eigenvalue weighted by Crippen LogP contribution is -2.12. The van der Waals surface area contributed by atoms with E-state index in [0.29, 0.717) is 11.4 Å². The standard InChI is InChI=1S/C17H15N5O2/c1-24-14-7-4-12(5-8-14)6-9-15(23)22-17(18)20-16(21-22)13-3-2-10-19-11-13/h2-11H,1H3,(H2,18,20,21). The van der Waals surface area contributed by atoms with E-state index in [9.17, 15) is 4.79 Å². The minimum absolute atomic E-state index is 0.0261. The third kappa shape index (κ3) is 3.30. The van der Waals surface area contributed by atoms with Crippen LogP contribution in [0.15, 0.2) is 54.9 Å². The van der Waals surface area contributed by atoms with Crippen molar-refractivity contribution in [1.29, 1.82) is 0 Å². The summed E-state index contributed by atoms with van der Waals surface area (Å²) < 4.78 is 6.15. The van der Waals surface area contributed by atoms with Gasteiger partial charge in [0, 0.05) is 24.0 Å². The molecule has 0 unspecified atom stereocenters. The van der Waals surface area contributed by atoms with E-state index in [0.717, 1.165) is 16.0 Å². The summed E-state index contributed by atoms with van der Waals surface area (Å²) in [4.78, 5) is 20.4. The molecule has 0 aliphatic heterocycles. The first kappa shape index (κ1) is 15.4. The molecule has 2 aromatic heterocycles. The first-order chi connectivity index (χ1) is 11.7. The average Bonchev–Trinajstić information content (AvgIpc) is 3.03. The number of nitrogen functional groups attached to an aromatic ring is 1. The van der Waals surface area contributed by atoms with Crippen LogP contribution in [-0.2, 0) is 0 Å². The summed E-state index contributed by atoms with van der Waals surface area (Å²) in [6, 6.07) is 10.9. The largest absolute Gasteiger partial charge is 0.497 e. The summed E-state index contributed by atoms with van der Waals surface area (Å²) >= 11 is 0. The molecule has 0 aliphatic rings. The van der Waals surface area contributed by atoms with E-state index in [1.807, 2.05) is 24.3 Å². The van der Waals surface area contributed by atoms with E-state index in [1.54, 1.807) is 37.7 Å². The number of aromatic nitrogens is 4. The molecule has 0 radical (unpaired) electrons.